The second-order valence-electron chi connectivity index (χ2n) is 3.78. The molecule has 0 aliphatic rings. The fraction of sp³-hybridized carbons (Fsp3) is 0.308. The van der Waals surface area contributed by atoms with Crippen LogP contribution in [0.4, 0.5) is 18.9 Å². The van der Waals surface area contributed by atoms with E-state index in [1.54, 1.807) is 0 Å². The van der Waals surface area contributed by atoms with E-state index in [-0.39, 0.29) is 25.2 Å². The van der Waals surface area contributed by atoms with Crippen molar-refractivity contribution in [2.45, 2.75) is 12.6 Å². The summed E-state index contributed by atoms with van der Waals surface area (Å²) in [6.07, 6.45) is 0.321. The van der Waals surface area contributed by atoms with Crippen LogP contribution in [0.3, 0.4) is 0 Å². The van der Waals surface area contributed by atoms with E-state index in [1.165, 1.54) is 23.1 Å². The Morgan fingerprint density at radius 3 is 2.53 bits per heavy atom. The quantitative estimate of drug-likeness (QED) is 0.837. The Bertz CT molecular complexity index is 491. The summed E-state index contributed by atoms with van der Waals surface area (Å²) in [5.41, 5.74) is -0.926. The molecule has 0 aromatic heterocycles. The molecule has 0 amide bonds. The average Bonchev–Trinajstić information content (AvgIpc) is 2.33. The molecule has 0 spiro atoms. The molecule has 19 heavy (non-hydrogen) atoms. The number of rotatable bonds is 5. The third-order valence-electron chi connectivity index (χ3n) is 2.43. The topological polar surface area (TPSA) is 40.5 Å². The Kier molecular flexibility index (Phi) is 4.81. The number of carboxylic acid groups (broad SMARTS) is 1. The number of nitrogens with zero attached hydrogens (tertiary/aromatic N) is 1. The zero-order valence-electron chi connectivity index (χ0n) is 9.94. The zero-order valence-corrected chi connectivity index (χ0v) is 9.94. The number of terminal acetylenes is 1. The molecule has 0 heterocycles. The summed E-state index contributed by atoms with van der Waals surface area (Å²) in [6, 6.07) is 4.95. The van der Waals surface area contributed by atoms with Gasteiger partial charge in [-0.15, -0.1) is 6.42 Å². The summed E-state index contributed by atoms with van der Waals surface area (Å²) in [4.78, 5) is 11.8. The Morgan fingerprint density at radius 1 is 1.37 bits per heavy atom. The number of aliphatic carboxylic acids is 1. The van der Waals surface area contributed by atoms with Crippen LogP contribution in [0.2, 0.25) is 0 Å². The molecule has 6 heteroatoms. The van der Waals surface area contributed by atoms with Crippen molar-refractivity contribution in [3.05, 3.63) is 29.8 Å². The van der Waals surface area contributed by atoms with Crippen LogP contribution in [0.25, 0.3) is 0 Å². The summed E-state index contributed by atoms with van der Waals surface area (Å²) >= 11 is 0. The van der Waals surface area contributed by atoms with E-state index in [1.807, 2.05) is 0 Å². The second-order valence-corrected chi connectivity index (χ2v) is 3.78. The molecule has 0 radical (unpaired) electrons. The molecule has 0 saturated carbocycles. The lowest BCUT2D eigenvalue weighted by atomic mass is 10.1. The number of benzene rings is 1. The van der Waals surface area contributed by atoms with E-state index < -0.39 is 17.7 Å². The molecule has 3 nitrogen and oxygen atoms in total. The maximum Gasteiger partial charge on any atom is 0.418 e. The molecule has 1 rings (SSSR count). The molecule has 0 fully saturated rings. The zero-order chi connectivity index (χ0) is 14.5. The van der Waals surface area contributed by atoms with Crippen molar-refractivity contribution in [3.63, 3.8) is 0 Å². The predicted molar refractivity (Wildman–Crippen MR) is 64.7 cm³/mol. The minimum atomic E-state index is -4.51. The lowest BCUT2D eigenvalue weighted by Gasteiger charge is -2.25. The molecule has 1 aromatic carbocycles. The number of halogens is 3. The van der Waals surface area contributed by atoms with E-state index in [9.17, 15) is 18.0 Å². The number of carboxylic acids is 1. The first-order valence-electron chi connectivity index (χ1n) is 5.42. The summed E-state index contributed by atoms with van der Waals surface area (Å²) in [5, 5.41) is 8.61. The lowest BCUT2D eigenvalue weighted by Crippen LogP contribution is -2.28. The third kappa shape index (κ3) is 4.21. The fourth-order valence-corrected chi connectivity index (χ4v) is 1.61. The lowest BCUT2D eigenvalue weighted by molar-refractivity contribution is -0.137. The van der Waals surface area contributed by atoms with E-state index in [0.29, 0.717) is 0 Å². The van der Waals surface area contributed by atoms with Crippen molar-refractivity contribution in [1.82, 2.24) is 0 Å². The van der Waals surface area contributed by atoms with Crippen LogP contribution in [0.1, 0.15) is 12.0 Å². The summed E-state index contributed by atoms with van der Waals surface area (Å²) in [7, 11) is 0. The van der Waals surface area contributed by atoms with Gasteiger partial charge in [0.2, 0.25) is 0 Å². The molecule has 0 saturated heterocycles. The SMILES string of the molecule is C#CCN(CCC(=O)O)c1ccccc1C(F)(F)F. The van der Waals surface area contributed by atoms with Gasteiger partial charge in [0.15, 0.2) is 0 Å². The van der Waals surface area contributed by atoms with Crippen molar-refractivity contribution in [2.24, 2.45) is 0 Å². The Balaban J connectivity index is 3.09. The van der Waals surface area contributed by atoms with Crippen LogP contribution in [-0.4, -0.2) is 24.2 Å². The van der Waals surface area contributed by atoms with Crippen LogP contribution < -0.4 is 4.90 Å². The molecule has 0 aliphatic heterocycles. The van der Waals surface area contributed by atoms with Crippen LogP contribution >= 0.6 is 0 Å². The van der Waals surface area contributed by atoms with Crippen LogP contribution in [0, 0.1) is 12.3 Å². The average molecular weight is 271 g/mol. The normalized spacial score (nSPS) is 10.8. The van der Waals surface area contributed by atoms with Crippen LogP contribution in [0.15, 0.2) is 24.3 Å². The predicted octanol–water partition coefficient (Wildman–Crippen LogP) is 2.62. The number of hydrogen-bond acceptors (Lipinski definition) is 2. The smallest absolute Gasteiger partial charge is 0.418 e. The maximum absolute atomic E-state index is 12.9. The van der Waals surface area contributed by atoms with E-state index in [0.717, 1.165) is 6.07 Å². The molecule has 1 N–H and O–H groups in total. The van der Waals surface area contributed by atoms with Crippen LogP contribution in [0.5, 0.6) is 0 Å². The van der Waals surface area contributed by atoms with Crippen molar-refractivity contribution in [3.8, 4) is 12.3 Å². The number of carbonyl (C=O) groups is 1. The molecule has 0 unspecified atom stereocenters. The summed E-state index contributed by atoms with van der Waals surface area (Å²) in [6.45, 7) is -0.160. The molecule has 0 aliphatic carbocycles. The highest BCUT2D eigenvalue weighted by Crippen LogP contribution is 2.36. The Morgan fingerprint density at radius 2 is 2.00 bits per heavy atom. The van der Waals surface area contributed by atoms with E-state index in [2.05, 4.69) is 5.92 Å². The Hall–Kier alpha value is -2.16. The molecule has 1 aromatic rings. The van der Waals surface area contributed by atoms with Gasteiger partial charge in [-0.2, -0.15) is 13.2 Å². The van der Waals surface area contributed by atoms with Gasteiger partial charge in [0, 0.05) is 12.2 Å². The summed E-state index contributed by atoms with van der Waals surface area (Å²) in [5.74, 6) is 1.14. The molecule has 0 atom stereocenters. The standard InChI is InChI=1S/C13H12F3NO2/c1-2-8-17(9-7-12(18)19)11-6-4-3-5-10(11)13(14,15)16/h1,3-6H,7-9H2,(H,18,19). The van der Waals surface area contributed by atoms with Gasteiger partial charge in [-0.05, 0) is 12.1 Å². The molecular formula is C13H12F3NO2. The first-order chi connectivity index (χ1) is 8.86. The highest BCUT2D eigenvalue weighted by molar-refractivity contribution is 5.68. The maximum atomic E-state index is 12.9. The minimum absolute atomic E-state index is 0.0768. The third-order valence-corrected chi connectivity index (χ3v) is 2.43. The molecular weight excluding hydrogens is 259 g/mol. The molecule has 0 bridgehead atoms. The van der Waals surface area contributed by atoms with E-state index >= 15 is 0 Å². The number of alkyl halides is 3. The van der Waals surface area contributed by atoms with Gasteiger partial charge in [-0.1, -0.05) is 18.1 Å². The van der Waals surface area contributed by atoms with Gasteiger partial charge in [0.05, 0.1) is 18.5 Å². The highest BCUT2D eigenvalue weighted by Gasteiger charge is 2.34. The van der Waals surface area contributed by atoms with Gasteiger partial charge in [0.1, 0.15) is 0 Å². The summed E-state index contributed by atoms with van der Waals surface area (Å²) < 4.78 is 38.6. The number of anilines is 1. The monoisotopic (exact) mass is 271 g/mol. The first kappa shape index (κ1) is 14.9. The van der Waals surface area contributed by atoms with Crippen molar-refractivity contribution < 1.29 is 23.1 Å². The van der Waals surface area contributed by atoms with Gasteiger partial charge < -0.3 is 10.0 Å². The minimum Gasteiger partial charge on any atom is -0.481 e. The largest absolute Gasteiger partial charge is 0.481 e. The van der Waals surface area contributed by atoms with Crippen LogP contribution in [-0.2, 0) is 11.0 Å². The first-order valence-corrected chi connectivity index (χ1v) is 5.42. The van der Waals surface area contributed by atoms with Crippen molar-refractivity contribution in [1.29, 1.82) is 0 Å². The van der Waals surface area contributed by atoms with Crippen molar-refractivity contribution in [2.75, 3.05) is 18.0 Å². The Labute approximate surface area is 108 Å². The number of para-hydroxylation sites is 1. The number of hydrogen-bond donors (Lipinski definition) is 1. The highest BCUT2D eigenvalue weighted by atomic mass is 19.4. The van der Waals surface area contributed by atoms with Gasteiger partial charge in [0.25, 0.3) is 0 Å². The fourth-order valence-electron chi connectivity index (χ4n) is 1.61. The van der Waals surface area contributed by atoms with Gasteiger partial charge in [-0.25, -0.2) is 0 Å². The second kappa shape index (κ2) is 6.14. The van der Waals surface area contributed by atoms with E-state index in [4.69, 9.17) is 11.5 Å². The van der Waals surface area contributed by atoms with Gasteiger partial charge in [-0.3, -0.25) is 4.79 Å². The van der Waals surface area contributed by atoms with Crippen molar-refractivity contribution >= 4 is 11.7 Å². The molecule has 102 valence electrons. The van der Waals surface area contributed by atoms with Gasteiger partial charge >= 0.3 is 12.1 Å².